The zero-order valence-electron chi connectivity index (χ0n) is 13.4. The smallest absolute Gasteiger partial charge is 0.345 e. The Balaban J connectivity index is 1.76. The fourth-order valence-corrected chi connectivity index (χ4v) is 2.98. The van der Waals surface area contributed by atoms with Crippen molar-refractivity contribution in [3.63, 3.8) is 0 Å². The molecule has 0 aliphatic rings. The molecule has 0 bridgehead atoms. The Morgan fingerprint density at radius 3 is 2.20 bits per heavy atom. The highest BCUT2D eigenvalue weighted by Crippen LogP contribution is 2.30. The van der Waals surface area contributed by atoms with Gasteiger partial charge in [-0.1, -0.05) is 48.5 Å². The first kappa shape index (κ1) is 15.0. The van der Waals surface area contributed by atoms with Crippen molar-refractivity contribution in [2.45, 2.75) is 0 Å². The standard InChI is InChI=1S/C21H16N2O2/c22-18-9-3-8-16-15(18)7-4-10-20(16)25-21(24)17-11-13-5-1-2-6-14(13)12-19(17)23/h1-12H,22-23H2. The van der Waals surface area contributed by atoms with Crippen molar-refractivity contribution in [1.82, 2.24) is 0 Å². The Kier molecular flexibility index (Phi) is 3.51. The number of hydrogen-bond acceptors (Lipinski definition) is 4. The average molecular weight is 328 g/mol. The van der Waals surface area contributed by atoms with Gasteiger partial charge in [-0.2, -0.15) is 0 Å². The van der Waals surface area contributed by atoms with Gasteiger partial charge in [0.05, 0.1) is 5.56 Å². The van der Waals surface area contributed by atoms with Gasteiger partial charge in [0.1, 0.15) is 5.75 Å². The lowest BCUT2D eigenvalue weighted by atomic mass is 10.0. The van der Waals surface area contributed by atoms with Gasteiger partial charge < -0.3 is 16.2 Å². The predicted molar refractivity (Wildman–Crippen MR) is 102 cm³/mol. The zero-order valence-corrected chi connectivity index (χ0v) is 13.4. The third kappa shape index (κ3) is 2.64. The van der Waals surface area contributed by atoms with Gasteiger partial charge in [-0.15, -0.1) is 0 Å². The van der Waals surface area contributed by atoms with Crippen molar-refractivity contribution in [2.24, 2.45) is 0 Å². The summed E-state index contributed by atoms with van der Waals surface area (Å²) in [7, 11) is 0. The summed E-state index contributed by atoms with van der Waals surface area (Å²) in [6, 6.07) is 22.3. The summed E-state index contributed by atoms with van der Waals surface area (Å²) in [4.78, 5) is 12.7. The second-order valence-electron chi connectivity index (χ2n) is 5.87. The van der Waals surface area contributed by atoms with Gasteiger partial charge in [0, 0.05) is 22.1 Å². The third-order valence-corrected chi connectivity index (χ3v) is 4.26. The predicted octanol–water partition coefficient (Wildman–Crippen LogP) is 4.38. The van der Waals surface area contributed by atoms with E-state index in [0.717, 1.165) is 21.5 Å². The van der Waals surface area contributed by atoms with E-state index in [1.807, 2.05) is 54.6 Å². The molecule has 0 atom stereocenters. The summed E-state index contributed by atoms with van der Waals surface area (Å²) in [5, 5.41) is 3.55. The first-order valence-electron chi connectivity index (χ1n) is 7.91. The third-order valence-electron chi connectivity index (χ3n) is 4.26. The second-order valence-corrected chi connectivity index (χ2v) is 5.87. The molecule has 0 radical (unpaired) electrons. The van der Waals surface area contributed by atoms with Gasteiger partial charge in [0.25, 0.3) is 0 Å². The van der Waals surface area contributed by atoms with Crippen LogP contribution in [-0.2, 0) is 0 Å². The molecule has 25 heavy (non-hydrogen) atoms. The van der Waals surface area contributed by atoms with Crippen LogP contribution in [0.25, 0.3) is 21.5 Å². The second kappa shape index (κ2) is 5.83. The molecule has 0 spiro atoms. The molecule has 0 saturated carbocycles. The van der Waals surface area contributed by atoms with Crippen molar-refractivity contribution < 1.29 is 9.53 Å². The highest BCUT2D eigenvalue weighted by atomic mass is 16.5. The number of ether oxygens (including phenoxy) is 1. The summed E-state index contributed by atoms with van der Waals surface area (Å²) in [6.07, 6.45) is 0. The van der Waals surface area contributed by atoms with Crippen molar-refractivity contribution in [3.8, 4) is 5.75 Å². The number of carbonyl (C=O) groups is 1. The van der Waals surface area contributed by atoms with E-state index in [1.54, 1.807) is 18.2 Å². The molecule has 4 N–H and O–H groups in total. The van der Waals surface area contributed by atoms with Crippen molar-refractivity contribution in [3.05, 3.63) is 78.4 Å². The van der Waals surface area contributed by atoms with E-state index in [2.05, 4.69) is 0 Å². The Labute approximate surface area is 144 Å². The molecular weight excluding hydrogens is 312 g/mol. The normalized spacial score (nSPS) is 10.9. The molecule has 4 nitrogen and oxygen atoms in total. The lowest BCUT2D eigenvalue weighted by Crippen LogP contribution is -2.11. The molecule has 4 heteroatoms. The molecule has 0 aliphatic carbocycles. The number of benzene rings is 4. The number of nitrogen functional groups attached to an aromatic ring is 2. The van der Waals surface area contributed by atoms with Gasteiger partial charge in [-0.05, 0) is 35.0 Å². The van der Waals surface area contributed by atoms with Gasteiger partial charge in [-0.3, -0.25) is 0 Å². The molecule has 122 valence electrons. The number of esters is 1. The number of nitrogens with two attached hydrogens (primary N) is 2. The molecule has 0 heterocycles. The maximum atomic E-state index is 12.7. The average Bonchev–Trinajstić information content (AvgIpc) is 2.62. The van der Waals surface area contributed by atoms with E-state index in [1.165, 1.54) is 0 Å². The van der Waals surface area contributed by atoms with Gasteiger partial charge in [-0.25, -0.2) is 4.79 Å². The van der Waals surface area contributed by atoms with Gasteiger partial charge in [0.2, 0.25) is 0 Å². The van der Waals surface area contributed by atoms with Crippen LogP contribution in [0.2, 0.25) is 0 Å². The summed E-state index contributed by atoms with van der Waals surface area (Å²) >= 11 is 0. The molecule has 0 fully saturated rings. The lowest BCUT2D eigenvalue weighted by Gasteiger charge is -2.11. The van der Waals surface area contributed by atoms with Gasteiger partial charge in [0.15, 0.2) is 0 Å². The first-order chi connectivity index (χ1) is 12.1. The van der Waals surface area contributed by atoms with Crippen LogP contribution in [0, 0.1) is 0 Å². The Hall–Kier alpha value is -3.53. The van der Waals surface area contributed by atoms with E-state index in [-0.39, 0.29) is 0 Å². The summed E-state index contributed by atoms with van der Waals surface area (Å²) in [5.74, 6) is -0.0273. The van der Waals surface area contributed by atoms with E-state index in [0.29, 0.717) is 22.7 Å². The van der Waals surface area contributed by atoms with E-state index in [9.17, 15) is 4.79 Å². The minimum absolute atomic E-state index is 0.347. The summed E-state index contributed by atoms with van der Waals surface area (Å²) < 4.78 is 5.62. The van der Waals surface area contributed by atoms with E-state index in [4.69, 9.17) is 16.2 Å². The minimum atomic E-state index is -0.488. The van der Waals surface area contributed by atoms with Crippen LogP contribution in [0.4, 0.5) is 11.4 Å². The number of fused-ring (bicyclic) bond motifs is 2. The Morgan fingerprint density at radius 1 is 0.720 bits per heavy atom. The van der Waals surface area contributed by atoms with E-state index >= 15 is 0 Å². The van der Waals surface area contributed by atoms with Crippen molar-refractivity contribution in [2.75, 3.05) is 11.5 Å². The monoisotopic (exact) mass is 328 g/mol. The highest BCUT2D eigenvalue weighted by molar-refractivity contribution is 6.04. The van der Waals surface area contributed by atoms with Crippen LogP contribution >= 0.6 is 0 Å². The highest BCUT2D eigenvalue weighted by Gasteiger charge is 2.15. The fraction of sp³-hybridized carbons (Fsp3) is 0. The largest absolute Gasteiger partial charge is 0.422 e. The maximum absolute atomic E-state index is 12.7. The molecular formula is C21H16N2O2. The lowest BCUT2D eigenvalue weighted by molar-refractivity contribution is 0.0738. The molecule has 4 rings (SSSR count). The number of anilines is 2. The van der Waals surface area contributed by atoms with Crippen LogP contribution in [0.5, 0.6) is 5.75 Å². The molecule has 4 aromatic carbocycles. The topological polar surface area (TPSA) is 78.3 Å². The van der Waals surface area contributed by atoms with Crippen LogP contribution in [0.1, 0.15) is 10.4 Å². The van der Waals surface area contributed by atoms with Crippen molar-refractivity contribution in [1.29, 1.82) is 0 Å². The molecule has 0 unspecified atom stereocenters. The van der Waals surface area contributed by atoms with Crippen molar-refractivity contribution >= 4 is 38.9 Å². The minimum Gasteiger partial charge on any atom is -0.422 e. The fourth-order valence-electron chi connectivity index (χ4n) is 2.98. The summed E-state index contributed by atoms with van der Waals surface area (Å²) in [5.41, 5.74) is 13.4. The van der Waals surface area contributed by atoms with Crippen LogP contribution < -0.4 is 16.2 Å². The zero-order chi connectivity index (χ0) is 17.4. The Bertz CT molecular complexity index is 1120. The number of rotatable bonds is 2. The van der Waals surface area contributed by atoms with Gasteiger partial charge >= 0.3 is 5.97 Å². The summed E-state index contributed by atoms with van der Waals surface area (Å²) in [6.45, 7) is 0. The van der Waals surface area contributed by atoms with Crippen LogP contribution in [0.3, 0.4) is 0 Å². The Morgan fingerprint density at radius 2 is 1.40 bits per heavy atom. The van der Waals surface area contributed by atoms with E-state index < -0.39 is 5.97 Å². The number of hydrogen-bond donors (Lipinski definition) is 2. The molecule has 0 aromatic heterocycles. The number of carbonyl (C=O) groups excluding carboxylic acids is 1. The molecule has 0 aliphatic heterocycles. The maximum Gasteiger partial charge on any atom is 0.345 e. The molecule has 0 amide bonds. The van der Waals surface area contributed by atoms with Crippen LogP contribution in [-0.4, -0.2) is 5.97 Å². The molecule has 0 saturated heterocycles. The van der Waals surface area contributed by atoms with Crippen LogP contribution in [0.15, 0.2) is 72.8 Å². The first-order valence-corrected chi connectivity index (χ1v) is 7.91. The SMILES string of the molecule is Nc1cc2ccccc2cc1C(=O)Oc1cccc2c(N)cccc12. The molecule has 4 aromatic rings. The quantitative estimate of drug-likeness (QED) is 0.325.